The van der Waals surface area contributed by atoms with Gasteiger partial charge in [-0.1, -0.05) is 59.7 Å². The van der Waals surface area contributed by atoms with Gasteiger partial charge in [0.05, 0.1) is 4.90 Å². The average Bonchev–Trinajstić information content (AvgIpc) is 2.42. The van der Waals surface area contributed by atoms with E-state index >= 15 is 0 Å². The van der Waals surface area contributed by atoms with E-state index in [2.05, 4.69) is 33.8 Å². The van der Waals surface area contributed by atoms with Crippen LogP contribution in [-0.4, -0.2) is 13.0 Å². The Bertz CT molecular complexity index is 837. The Balaban J connectivity index is 0.00000288. The summed E-state index contributed by atoms with van der Waals surface area (Å²) in [4.78, 5) is -0.0469. The van der Waals surface area contributed by atoms with Crippen molar-refractivity contribution in [2.75, 3.05) is 0 Å². The van der Waals surface area contributed by atoms with E-state index < -0.39 is 10.1 Å². The number of hydrogen-bond acceptors (Lipinski definition) is 3. The third-order valence-electron chi connectivity index (χ3n) is 4.33. The Labute approximate surface area is 167 Å². The largest absolute Gasteiger partial charge is 1.00 e. The first-order chi connectivity index (χ1) is 10.5. The molecular formula is C19H25NaO3S. The summed E-state index contributed by atoms with van der Waals surface area (Å²) < 4.78 is 35.9. The first kappa shape index (κ1) is 21.7. The molecule has 0 aliphatic carbocycles. The molecule has 0 aromatic heterocycles. The Kier molecular flexibility index (Phi) is 7.11. The van der Waals surface area contributed by atoms with Gasteiger partial charge in [-0.25, -0.2) is 8.42 Å². The van der Waals surface area contributed by atoms with Gasteiger partial charge in [0.1, 0.15) is 10.1 Å². The minimum absolute atomic E-state index is 0. The minimum atomic E-state index is -4.54. The van der Waals surface area contributed by atoms with Gasteiger partial charge in [-0.3, -0.25) is 0 Å². The van der Waals surface area contributed by atoms with Crippen molar-refractivity contribution in [2.45, 2.75) is 64.2 Å². The zero-order chi connectivity index (χ0) is 17.5. The summed E-state index contributed by atoms with van der Waals surface area (Å²) in [6.45, 7) is 12.1. The molecule has 0 aliphatic heterocycles. The molecule has 0 saturated heterocycles. The maximum Gasteiger partial charge on any atom is 1.00 e. The summed E-state index contributed by atoms with van der Waals surface area (Å²) in [6, 6.07) is 7.76. The molecule has 3 nitrogen and oxygen atoms in total. The van der Waals surface area contributed by atoms with Crippen LogP contribution in [0.2, 0.25) is 0 Å². The second-order valence-electron chi connectivity index (χ2n) is 7.11. The van der Waals surface area contributed by atoms with E-state index in [4.69, 9.17) is 0 Å². The SMILES string of the molecule is CC(C)c1cc(C(C)C)c2ccc(C(C)C)c(S(=O)(=O)[O-])c2c1.[Na+]. The number of rotatable bonds is 4. The van der Waals surface area contributed by atoms with E-state index in [1.54, 1.807) is 6.07 Å². The predicted octanol–water partition coefficient (Wildman–Crippen LogP) is 2.12. The van der Waals surface area contributed by atoms with Gasteiger partial charge in [0.2, 0.25) is 0 Å². The topological polar surface area (TPSA) is 57.2 Å². The molecule has 2 rings (SSSR count). The monoisotopic (exact) mass is 356 g/mol. The summed E-state index contributed by atoms with van der Waals surface area (Å²) in [5, 5.41) is 1.43. The van der Waals surface area contributed by atoms with E-state index in [-0.39, 0.29) is 52.2 Å². The Hall–Kier alpha value is -0.390. The van der Waals surface area contributed by atoms with Gasteiger partial charge in [0.25, 0.3) is 0 Å². The summed E-state index contributed by atoms with van der Waals surface area (Å²) >= 11 is 0. The zero-order valence-corrected chi connectivity index (χ0v) is 18.5. The van der Waals surface area contributed by atoms with Crippen LogP contribution < -0.4 is 29.6 Å². The second kappa shape index (κ2) is 7.88. The molecule has 126 valence electrons. The molecule has 0 fully saturated rings. The molecule has 5 heteroatoms. The third kappa shape index (κ3) is 4.23. The van der Waals surface area contributed by atoms with Crippen LogP contribution in [0, 0.1) is 0 Å². The number of hydrogen-bond donors (Lipinski definition) is 0. The van der Waals surface area contributed by atoms with Crippen LogP contribution in [0.4, 0.5) is 0 Å². The van der Waals surface area contributed by atoms with Crippen LogP contribution in [0.15, 0.2) is 29.2 Å². The van der Waals surface area contributed by atoms with Crippen LogP contribution in [0.25, 0.3) is 10.8 Å². The van der Waals surface area contributed by atoms with Crippen molar-refractivity contribution >= 4 is 20.9 Å². The van der Waals surface area contributed by atoms with Crippen molar-refractivity contribution < 1.29 is 42.5 Å². The molecule has 0 bridgehead atoms. The maximum absolute atomic E-state index is 12.0. The summed E-state index contributed by atoms with van der Waals surface area (Å²) in [7, 11) is -4.54. The smallest absolute Gasteiger partial charge is 0.744 e. The summed E-state index contributed by atoms with van der Waals surface area (Å²) in [5.74, 6) is 0.494. The first-order valence-electron chi connectivity index (χ1n) is 8.10. The molecule has 0 atom stereocenters. The van der Waals surface area contributed by atoms with Crippen molar-refractivity contribution in [3.63, 3.8) is 0 Å². The number of fused-ring (bicyclic) bond motifs is 1. The van der Waals surface area contributed by atoms with Gasteiger partial charge < -0.3 is 4.55 Å². The van der Waals surface area contributed by atoms with Crippen molar-refractivity contribution in [1.29, 1.82) is 0 Å². The fourth-order valence-corrected chi connectivity index (χ4v) is 4.05. The molecule has 0 saturated carbocycles. The van der Waals surface area contributed by atoms with Crippen LogP contribution in [0.5, 0.6) is 0 Å². The fraction of sp³-hybridized carbons (Fsp3) is 0.474. The van der Waals surface area contributed by atoms with E-state index in [1.165, 1.54) is 0 Å². The zero-order valence-electron chi connectivity index (χ0n) is 15.7. The van der Waals surface area contributed by atoms with Gasteiger partial charge in [-0.05, 0) is 45.9 Å². The van der Waals surface area contributed by atoms with Crippen molar-refractivity contribution in [2.24, 2.45) is 0 Å². The maximum atomic E-state index is 12.0. The van der Waals surface area contributed by atoms with Crippen LogP contribution in [-0.2, 0) is 10.1 Å². The Morgan fingerprint density at radius 2 is 1.33 bits per heavy atom. The van der Waals surface area contributed by atoms with Crippen molar-refractivity contribution in [3.05, 3.63) is 41.0 Å². The second-order valence-corrected chi connectivity index (χ2v) is 8.42. The van der Waals surface area contributed by atoms with Gasteiger partial charge in [0.15, 0.2) is 0 Å². The number of benzene rings is 2. The molecule has 0 amide bonds. The summed E-state index contributed by atoms with van der Waals surface area (Å²) in [6.07, 6.45) is 0. The third-order valence-corrected chi connectivity index (χ3v) is 5.29. The van der Waals surface area contributed by atoms with Crippen LogP contribution in [0.3, 0.4) is 0 Å². The normalized spacial score (nSPS) is 12.2. The fourth-order valence-electron chi connectivity index (χ4n) is 3.02. The van der Waals surface area contributed by atoms with Gasteiger partial charge in [-0.2, -0.15) is 0 Å². The minimum Gasteiger partial charge on any atom is -0.744 e. The van der Waals surface area contributed by atoms with Crippen molar-refractivity contribution in [1.82, 2.24) is 0 Å². The van der Waals surface area contributed by atoms with Gasteiger partial charge in [0, 0.05) is 5.39 Å². The summed E-state index contributed by atoms with van der Waals surface area (Å²) in [5.41, 5.74) is 2.75. The van der Waals surface area contributed by atoms with E-state index in [9.17, 15) is 13.0 Å². The molecule has 0 aliphatic rings. The predicted molar refractivity (Wildman–Crippen MR) is 94.2 cm³/mol. The molecule has 2 aromatic carbocycles. The molecule has 0 spiro atoms. The van der Waals surface area contributed by atoms with Gasteiger partial charge in [-0.15, -0.1) is 0 Å². The molecule has 0 N–H and O–H groups in total. The Morgan fingerprint density at radius 3 is 1.75 bits per heavy atom. The standard InChI is InChI=1S/C19H26O3S.Na/c1-11(2)14-9-17(13(5)6)16-8-7-15(12(3)4)19(18(16)10-14)23(20,21)22;/h7-13H,1-6H3,(H,20,21,22);/q;+1/p-1. The van der Waals surface area contributed by atoms with E-state index in [0.717, 1.165) is 16.5 Å². The van der Waals surface area contributed by atoms with E-state index in [0.29, 0.717) is 10.9 Å². The Morgan fingerprint density at radius 1 is 0.792 bits per heavy atom. The molecule has 2 aromatic rings. The molecular weight excluding hydrogens is 331 g/mol. The molecule has 24 heavy (non-hydrogen) atoms. The first-order valence-corrected chi connectivity index (χ1v) is 9.51. The average molecular weight is 356 g/mol. The van der Waals surface area contributed by atoms with E-state index in [1.807, 2.05) is 26.0 Å². The molecule has 0 unspecified atom stereocenters. The quantitative estimate of drug-likeness (QED) is 0.623. The van der Waals surface area contributed by atoms with Crippen molar-refractivity contribution in [3.8, 4) is 0 Å². The van der Waals surface area contributed by atoms with Crippen LogP contribution in [0.1, 0.15) is 76.0 Å². The molecule has 0 radical (unpaired) electrons. The van der Waals surface area contributed by atoms with Crippen LogP contribution >= 0.6 is 0 Å². The molecule has 0 heterocycles. The van der Waals surface area contributed by atoms with Gasteiger partial charge >= 0.3 is 29.6 Å².